The van der Waals surface area contributed by atoms with E-state index in [1.807, 2.05) is 24.5 Å². The fourth-order valence-electron chi connectivity index (χ4n) is 5.20. The van der Waals surface area contributed by atoms with Crippen LogP contribution in [0.3, 0.4) is 0 Å². The molecule has 2 aliphatic rings. The van der Waals surface area contributed by atoms with Crippen LogP contribution in [0.2, 0.25) is 5.15 Å². The van der Waals surface area contributed by atoms with E-state index in [9.17, 15) is 0 Å². The Morgan fingerprint density at radius 1 is 1.03 bits per heavy atom. The van der Waals surface area contributed by atoms with E-state index in [4.69, 9.17) is 22.3 Å². The highest BCUT2D eigenvalue weighted by Crippen LogP contribution is 2.37. The lowest BCUT2D eigenvalue weighted by Crippen LogP contribution is -2.46. The predicted octanol–water partition coefficient (Wildman–Crippen LogP) is 5.30. The number of aromatic nitrogens is 3. The second-order valence-electron chi connectivity index (χ2n) is 8.55. The number of anilines is 1. The van der Waals surface area contributed by atoms with Crippen LogP contribution in [-0.4, -0.2) is 33.1 Å². The van der Waals surface area contributed by atoms with Gasteiger partial charge in [-0.15, -0.1) is 0 Å². The van der Waals surface area contributed by atoms with Gasteiger partial charge in [-0.3, -0.25) is 0 Å². The average Bonchev–Trinajstić information content (AvgIpc) is 3.39. The zero-order valence-electron chi connectivity index (χ0n) is 16.6. The smallest absolute Gasteiger partial charge is 0.137 e. The lowest BCUT2D eigenvalue weighted by molar-refractivity contribution is 0.354. The Hall–Kier alpha value is -2.11. The van der Waals surface area contributed by atoms with Crippen molar-refractivity contribution in [1.82, 2.24) is 15.0 Å². The molecule has 0 amide bonds. The van der Waals surface area contributed by atoms with Crippen molar-refractivity contribution in [3.05, 3.63) is 41.8 Å². The first-order chi connectivity index (χ1) is 14.2. The van der Waals surface area contributed by atoms with Crippen LogP contribution in [0.4, 0.5) is 5.82 Å². The van der Waals surface area contributed by atoms with E-state index >= 15 is 0 Å². The molecule has 5 rings (SSSR count). The summed E-state index contributed by atoms with van der Waals surface area (Å²) < 4.78 is 0. The molecule has 3 N–H and O–H groups in total. The lowest BCUT2D eigenvalue weighted by Gasteiger charge is -2.41. The molecule has 3 aromatic heterocycles. The molecule has 0 spiro atoms. The average molecular weight is 410 g/mol. The van der Waals surface area contributed by atoms with E-state index in [2.05, 4.69) is 27.0 Å². The fourth-order valence-corrected chi connectivity index (χ4v) is 5.40. The zero-order valence-corrected chi connectivity index (χ0v) is 17.4. The fraction of sp³-hybridized carbons (Fsp3) is 0.478. The number of nitrogens with two attached hydrogens (primary N) is 1. The Labute approximate surface area is 176 Å². The summed E-state index contributed by atoms with van der Waals surface area (Å²) in [7, 11) is 0. The van der Waals surface area contributed by atoms with Gasteiger partial charge < -0.3 is 15.6 Å². The summed E-state index contributed by atoms with van der Waals surface area (Å²) in [6.45, 7) is 0. The molecule has 2 fully saturated rings. The van der Waals surface area contributed by atoms with Gasteiger partial charge in [-0.1, -0.05) is 24.4 Å². The molecule has 0 radical (unpaired) electrons. The molecule has 0 aliphatic heterocycles. The van der Waals surface area contributed by atoms with Gasteiger partial charge in [0.2, 0.25) is 0 Å². The van der Waals surface area contributed by atoms with Crippen molar-refractivity contribution in [3.63, 3.8) is 0 Å². The molecule has 2 aliphatic carbocycles. The Morgan fingerprint density at radius 3 is 2.59 bits per heavy atom. The number of fused-ring (bicyclic) bond motifs is 1. The van der Waals surface area contributed by atoms with Crippen molar-refractivity contribution in [3.8, 4) is 11.1 Å². The van der Waals surface area contributed by atoms with Crippen LogP contribution < -0.4 is 10.6 Å². The van der Waals surface area contributed by atoms with Crippen LogP contribution in [0.25, 0.3) is 22.2 Å². The SMILES string of the molecule is NC1CCC(N(c2cc(-c3c[nH]c4ncccc34)cc(Cl)n2)C2CCCC2)CC1. The van der Waals surface area contributed by atoms with Crippen molar-refractivity contribution in [2.75, 3.05) is 4.90 Å². The number of halogens is 1. The molecule has 0 unspecified atom stereocenters. The van der Waals surface area contributed by atoms with Gasteiger partial charge in [0.25, 0.3) is 0 Å². The first-order valence-electron chi connectivity index (χ1n) is 10.8. The Kier molecular flexibility index (Phi) is 5.18. The van der Waals surface area contributed by atoms with Gasteiger partial charge >= 0.3 is 0 Å². The van der Waals surface area contributed by atoms with Crippen molar-refractivity contribution in [2.45, 2.75) is 69.5 Å². The van der Waals surface area contributed by atoms with Gasteiger partial charge in [0.05, 0.1) is 0 Å². The molecule has 29 heavy (non-hydrogen) atoms. The quantitative estimate of drug-likeness (QED) is 0.574. The third kappa shape index (κ3) is 3.74. The normalized spacial score (nSPS) is 23.0. The molecule has 6 heteroatoms. The van der Waals surface area contributed by atoms with Crippen LogP contribution in [0, 0.1) is 0 Å². The third-order valence-corrected chi connectivity index (χ3v) is 6.85. The van der Waals surface area contributed by atoms with Gasteiger partial charge in [-0.05, 0) is 68.4 Å². The first kappa shape index (κ1) is 18.9. The molecular weight excluding hydrogens is 382 g/mol. The number of hydrogen-bond donors (Lipinski definition) is 2. The number of nitrogens with zero attached hydrogens (tertiary/aromatic N) is 3. The summed E-state index contributed by atoms with van der Waals surface area (Å²) in [5.41, 5.74) is 9.30. The van der Waals surface area contributed by atoms with Crippen molar-refractivity contribution < 1.29 is 0 Å². The predicted molar refractivity (Wildman–Crippen MR) is 119 cm³/mol. The van der Waals surface area contributed by atoms with Crippen molar-refractivity contribution in [2.24, 2.45) is 5.73 Å². The third-order valence-electron chi connectivity index (χ3n) is 6.66. The molecule has 5 nitrogen and oxygen atoms in total. The minimum atomic E-state index is 0.346. The van der Waals surface area contributed by atoms with Gasteiger partial charge in [0.15, 0.2) is 0 Å². The van der Waals surface area contributed by atoms with Crippen molar-refractivity contribution >= 4 is 28.5 Å². The number of hydrogen-bond acceptors (Lipinski definition) is 4. The van der Waals surface area contributed by atoms with Gasteiger partial charge in [-0.2, -0.15) is 0 Å². The van der Waals surface area contributed by atoms with Gasteiger partial charge in [0, 0.05) is 41.5 Å². The van der Waals surface area contributed by atoms with E-state index in [1.54, 1.807) is 0 Å². The summed E-state index contributed by atoms with van der Waals surface area (Å²) in [5.74, 6) is 1.01. The van der Waals surface area contributed by atoms with E-state index in [0.29, 0.717) is 23.3 Å². The number of rotatable bonds is 4. The summed E-state index contributed by atoms with van der Waals surface area (Å²) in [5, 5.41) is 1.66. The Morgan fingerprint density at radius 2 is 1.79 bits per heavy atom. The molecule has 152 valence electrons. The zero-order chi connectivity index (χ0) is 19.8. The second kappa shape index (κ2) is 7.96. The maximum Gasteiger partial charge on any atom is 0.137 e. The number of H-pyrrole nitrogens is 1. The number of aromatic amines is 1. The minimum Gasteiger partial charge on any atom is -0.351 e. The van der Waals surface area contributed by atoms with E-state index in [1.165, 1.54) is 25.7 Å². The summed E-state index contributed by atoms with van der Waals surface area (Å²) in [6.07, 6.45) is 13.4. The molecule has 0 aromatic carbocycles. The highest BCUT2D eigenvalue weighted by Gasteiger charge is 2.32. The van der Waals surface area contributed by atoms with Crippen LogP contribution >= 0.6 is 11.6 Å². The maximum atomic E-state index is 6.55. The van der Waals surface area contributed by atoms with Crippen molar-refractivity contribution in [1.29, 1.82) is 0 Å². The molecule has 3 aromatic rings. The molecular formula is C23H28ClN5. The topological polar surface area (TPSA) is 70.8 Å². The van der Waals surface area contributed by atoms with Crippen LogP contribution in [0.15, 0.2) is 36.7 Å². The minimum absolute atomic E-state index is 0.346. The van der Waals surface area contributed by atoms with Gasteiger partial charge in [-0.25, -0.2) is 9.97 Å². The van der Waals surface area contributed by atoms with Crippen LogP contribution in [0.5, 0.6) is 0 Å². The molecule has 0 saturated heterocycles. The Bertz CT molecular complexity index is 986. The molecule has 0 bridgehead atoms. The molecule has 0 atom stereocenters. The molecule has 3 heterocycles. The highest BCUT2D eigenvalue weighted by molar-refractivity contribution is 6.29. The highest BCUT2D eigenvalue weighted by atomic mass is 35.5. The lowest BCUT2D eigenvalue weighted by atomic mass is 9.89. The maximum absolute atomic E-state index is 6.55. The van der Waals surface area contributed by atoms with E-state index < -0.39 is 0 Å². The summed E-state index contributed by atoms with van der Waals surface area (Å²) in [6, 6.07) is 9.65. The van der Waals surface area contributed by atoms with Crippen LogP contribution in [0.1, 0.15) is 51.4 Å². The standard InChI is InChI=1S/C23H28ClN5/c24-21-12-15(20-14-27-23-19(20)6-3-11-26-23)13-22(28-21)29(17-4-1-2-5-17)18-9-7-16(25)8-10-18/h3,6,11-14,16-18H,1-2,4-5,7-10,25H2,(H,26,27). The number of nitrogens with one attached hydrogen (secondary N) is 1. The van der Waals surface area contributed by atoms with E-state index in [-0.39, 0.29) is 0 Å². The Balaban J connectivity index is 1.56. The first-order valence-corrected chi connectivity index (χ1v) is 11.2. The summed E-state index contributed by atoms with van der Waals surface area (Å²) in [4.78, 5) is 15.1. The van der Waals surface area contributed by atoms with Gasteiger partial charge in [0.1, 0.15) is 16.6 Å². The monoisotopic (exact) mass is 409 g/mol. The summed E-state index contributed by atoms with van der Waals surface area (Å²) >= 11 is 6.55. The van der Waals surface area contributed by atoms with Crippen LogP contribution in [-0.2, 0) is 0 Å². The van der Waals surface area contributed by atoms with E-state index in [0.717, 1.165) is 53.7 Å². The number of pyridine rings is 2. The second-order valence-corrected chi connectivity index (χ2v) is 8.94. The molecule has 2 saturated carbocycles. The largest absolute Gasteiger partial charge is 0.351 e.